The molecule has 0 saturated carbocycles. The molecule has 0 radical (unpaired) electrons. The van der Waals surface area contributed by atoms with E-state index in [-0.39, 0.29) is 6.04 Å². The Morgan fingerprint density at radius 1 is 1.62 bits per heavy atom. The van der Waals surface area contributed by atoms with E-state index in [1.807, 2.05) is 13.8 Å². The van der Waals surface area contributed by atoms with Crippen molar-refractivity contribution in [3.8, 4) is 0 Å². The lowest BCUT2D eigenvalue weighted by atomic mass is 10.3. The number of hydrogen-bond donors (Lipinski definition) is 1. The Morgan fingerprint density at radius 3 is 2.92 bits per heavy atom. The highest BCUT2D eigenvalue weighted by molar-refractivity contribution is 7.98. The first-order valence-corrected chi connectivity index (χ1v) is 5.46. The fourth-order valence-electron chi connectivity index (χ4n) is 0.827. The number of aryl methyl sites for hydroxylation is 1. The molecular formula is C8H15N3OS. The van der Waals surface area contributed by atoms with E-state index >= 15 is 0 Å². The van der Waals surface area contributed by atoms with Crippen molar-refractivity contribution >= 4 is 11.8 Å². The van der Waals surface area contributed by atoms with Gasteiger partial charge in [0.1, 0.15) is 0 Å². The van der Waals surface area contributed by atoms with E-state index in [1.165, 1.54) is 0 Å². The van der Waals surface area contributed by atoms with E-state index in [0.29, 0.717) is 11.7 Å². The maximum Gasteiger partial charge on any atom is 0.236 e. The van der Waals surface area contributed by atoms with E-state index in [9.17, 15) is 0 Å². The molecule has 0 bridgehead atoms. The zero-order valence-electron chi connectivity index (χ0n) is 7.99. The molecule has 13 heavy (non-hydrogen) atoms. The maximum absolute atomic E-state index is 5.61. The van der Waals surface area contributed by atoms with Crippen molar-refractivity contribution < 1.29 is 4.52 Å². The van der Waals surface area contributed by atoms with E-state index < -0.39 is 0 Å². The fraction of sp³-hybridized carbons (Fsp3) is 0.750. The summed E-state index contributed by atoms with van der Waals surface area (Å²) in [5.74, 6) is 3.22. The van der Waals surface area contributed by atoms with Gasteiger partial charge in [0.2, 0.25) is 5.89 Å². The average Bonchev–Trinajstić information content (AvgIpc) is 2.45. The average molecular weight is 201 g/mol. The standard InChI is InChI=1S/C8H15N3OS/c1-6(9)3-4-13-5-8-10-7(2)11-12-8/h6H,3-5,9H2,1-2H3. The smallest absolute Gasteiger partial charge is 0.236 e. The largest absolute Gasteiger partial charge is 0.338 e. The molecule has 1 atom stereocenters. The zero-order chi connectivity index (χ0) is 9.68. The van der Waals surface area contributed by atoms with Crippen LogP contribution in [0.5, 0.6) is 0 Å². The molecule has 1 aromatic rings. The summed E-state index contributed by atoms with van der Waals surface area (Å²) in [4.78, 5) is 4.10. The molecule has 1 unspecified atom stereocenters. The van der Waals surface area contributed by atoms with Gasteiger partial charge in [-0.3, -0.25) is 0 Å². The van der Waals surface area contributed by atoms with Gasteiger partial charge in [0.25, 0.3) is 0 Å². The SMILES string of the molecule is Cc1noc(CSCCC(C)N)n1. The van der Waals surface area contributed by atoms with E-state index in [1.54, 1.807) is 11.8 Å². The molecule has 74 valence electrons. The Morgan fingerprint density at radius 2 is 2.38 bits per heavy atom. The Hall–Kier alpha value is -0.550. The molecule has 0 aliphatic rings. The van der Waals surface area contributed by atoms with Crippen molar-refractivity contribution in [2.45, 2.75) is 32.1 Å². The van der Waals surface area contributed by atoms with Gasteiger partial charge in [-0.15, -0.1) is 0 Å². The Bertz CT molecular complexity index is 249. The van der Waals surface area contributed by atoms with Crippen LogP contribution in [-0.4, -0.2) is 21.9 Å². The molecule has 0 saturated heterocycles. The Kier molecular flexibility index (Phi) is 4.24. The summed E-state index contributed by atoms with van der Waals surface area (Å²) in [5.41, 5.74) is 5.61. The second-order valence-electron chi connectivity index (χ2n) is 3.05. The van der Waals surface area contributed by atoms with Crippen LogP contribution in [-0.2, 0) is 5.75 Å². The van der Waals surface area contributed by atoms with Crippen LogP contribution in [0.4, 0.5) is 0 Å². The third kappa shape index (κ3) is 4.28. The monoisotopic (exact) mass is 201 g/mol. The van der Waals surface area contributed by atoms with Crippen LogP contribution < -0.4 is 5.73 Å². The second kappa shape index (κ2) is 5.24. The minimum Gasteiger partial charge on any atom is -0.338 e. The van der Waals surface area contributed by atoms with Crippen LogP contribution in [0.15, 0.2) is 4.52 Å². The predicted octanol–water partition coefficient (Wildman–Crippen LogP) is 1.35. The van der Waals surface area contributed by atoms with Gasteiger partial charge < -0.3 is 10.3 Å². The van der Waals surface area contributed by atoms with Crippen LogP contribution in [0, 0.1) is 6.92 Å². The van der Waals surface area contributed by atoms with Crippen molar-refractivity contribution in [3.05, 3.63) is 11.7 Å². The molecule has 0 aliphatic heterocycles. The molecule has 5 heteroatoms. The Balaban J connectivity index is 2.13. The molecule has 1 aromatic heterocycles. The minimum absolute atomic E-state index is 0.275. The summed E-state index contributed by atoms with van der Waals surface area (Å²) in [6, 6.07) is 0.275. The van der Waals surface area contributed by atoms with Gasteiger partial charge in [0.05, 0.1) is 5.75 Å². The van der Waals surface area contributed by atoms with E-state index in [0.717, 1.165) is 17.9 Å². The van der Waals surface area contributed by atoms with Crippen molar-refractivity contribution in [2.24, 2.45) is 5.73 Å². The number of nitrogens with two attached hydrogens (primary N) is 1. The van der Waals surface area contributed by atoms with Crippen LogP contribution in [0.25, 0.3) is 0 Å². The lowest BCUT2D eigenvalue weighted by Gasteiger charge is -2.01. The fourth-order valence-corrected chi connectivity index (χ4v) is 1.80. The topological polar surface area (TPSA) is 64.9 Å². The summed E-state index contributed by atoms with van der Waals surface area (Å²) >= 11 is 1.77. The molecule has 1 rings (SSSR count). The van der Waals surface area contributed by atoms with E-state index in [2.05, 4.69) is 10.1 Å². The zero-order valence-corrected chi connectivity index (χ0v) is 8.80. The third-order valence-corrected chi connectivity index (χ3v) is 2.49. The van der Waals surface area contributed by atoms with E-state index in [4.69, 9.17) is 10.3 Å². The maximum atomic E-state index is 5.61. The van der Waals surface area contributed by atoms with Crippen LogP contribution in [0.3, 0.4) is 0 Å². The van der Waals surface area contributed by atoms with Crippen molar-refractivity contribution in [3.63, 3.8) is 0 Å². The first kappa shape index (κ1) is 10.5. The van der Waals surface area contributed by atoms with Gasteiger partial charge in [-0.2, -0.15) is 16.7 Å². The number of aromatic nitrogens is 2. The van der Waals surface area contributed by atoms with Crippen molar-refractivity contribution in [2.75, 3.05) is 5.75 Å². The first-order chi connectivity index (χ1) is 6.18. The molecule has 4 nitrogen and oxygen atoms in total. The first-order valence-electron chi connectivity index (χ1n) is 4.31. The highest BCUT2D eigenvalue weighted by Crippen LogP contribution is 2.11. The van der Waals surface area contributed by atoms with Gasteiger partial charge in [-0.25, -0.2) is 0 Å². The summed E-state index contributed by atoms with van der Waals surface area (Å²) in [7, 11) is 0. The van der Waals surface area contributed by atoms with Gasteiger partial charge in [-0.05, 0) is 26.0 Å². The predicted molar refractivity (Wildman–Crippen MR) is 53.5 cm³/mol. The Labute approximate surface area is 82.3 Å². The summed E-state index contributed by atoms with van der Waals surface area (Å²) in [5, 5.41) is 3.71. The molecule has 0 aromatic carbocycles. The van der Waals surface area contributed by atoms with Gasteiger partial charge in [0, 0.05) is 6.04 Å². The van der Waals surface area contributed by atoms with Crippen molar-refractivity contribution in [1.29, 1.82) is 0 Å². The normalized spacial score (nSPS) is 13.2. The van der Waals surface area contributed by atoms with Gasteiger partial charge in [-0.1, -0.05) is 5.16 Å². The van der Waals surface area contributed by atoms with Crippen molar-refractivity contribution in [1.82, 2.24) is 10.1 Å². The lowest BCUT2D eigenvalue weighted by Crippen LogP contribution is -2.15. The molecule has 2 N–H and O–H groups in total. The number of rotatable bonds is 5. The molecule has 0 spiro atoms. The number of hydrogen-bond acceptors (Lipinski definition) is 5. The third-order valence-electron chi connectivity index (χ3n) is 1.51. The number of nitrogens with zero attached hydrogens (tertiary/aromatic N) is 2. The highest BCUT2D eigenvalue weighted by Gasteiger charge is 2.02. The summed E-state index contributed by atoms with van der Waals surface area (Å²) in [6.45, 7) is 3.83. The quantitative estimate of drug-likeness (QED) is 0.728. The van der Waals surface area contributed by atoms with Gasteiger partial charge in [0.15, 0.2) is 5.82 Å². The molecular weight excluding hydrogens is 186 g/mol. The van der Waals surface area contributed by atoms with Crippen LogP contribution in [0.2, 0.25) is 0 Å². The molecule has 0 fully saturated rings. The molecule has 0 amide bonds. The van der Waals surface area contributed by atoms with Crippen LogP contribution >= 0.6 is 11.8 Å². The molecule has 0 aliphatic carbocycles. The number of thioether (sulfide) groups is 1. The van der Waals surface area contributed by atoms with Gasteiger partial charge >= 0.3 is 0 Å². The highest BCUT2D eigenvalue weighted by atomic mass is 32.2. The second-order valence-corrected chi connectivity index (χ2v) is 4.16. The lowest BCUT2D eigenvalue weighted by molar-refractivity contribution is 0.387. The minimum atomic E-state index is 0.275. The summed E-state index contributed by atoms with van der Waals surface area (Å²) in [6.07, 6.45) is 1.03. The molecule has 1 heterocycles. The van der Waals surface area contributed by atoms with Crippen LogP contribution in [0.1, 0.15) is 25.1 Å². The summed E-state index contributed by atoms with van der Waals surface area (Å²) < 4.78 is 4.96.